The number of carbonyl (C=O) groups is 2. The van der Waals surface area contributed by atoms with E-state index in [4.69, 9.17) is 5.11 Å². The van der Waals surface area contributed by atoms with Crippen molar-refractivity contribution in [1.82, 2.24) is 4.90 Å². The van der Waals surface area contributed by atoms with Gasteiger partial charge in [-0.1, -0.05) is 25.1 Å². The van der Waals surface area contributed by atoms with Gasteiger partial charge in [-0.2, -0.15) is 13.2 Å². The third-order valence-corrected chi connectivity index (χ3v) is 4.14. The molecule has 2 rings (SSSR count). The van der Waals surface area contributed by atoms with Crippen molar-refractivity contribution in [2.24, 2.45) is 0 Å². The van der Waals surface area contributed by atoms with E-state index in [0.717, 1.165) is 6.07 Å². The maximum Gasteiger partial charge on any atom is 0.416 e. The fourth-order valence-electron chi connectivity index (χ4n) is 3.00. The van der Waals surface area contributed by atoms with Crippen LogP contribution in [0.5, 0.6) is 0 Å². The number of amides is 1. The molecule has 0 aliphatic carbocycles. The molecule has 7 heteroatoms. The number of halogens is 3. The van der Waals surface area contributed by atoms with Gasteiger partial charge >= 0.3 is 12.1 Å². The molecular weight excluding hydrogens is 311 g/mol. The summed E-state index contributed by atoms with van der Waals surface area (Å²) in [7, 11) is 0. The lowest BCUT2D eigenvalue weighted by molar-refractivity contribution is -0.148. The van der Waals surface area contributed by atoms with Crippen LogP contribution in [0.25, 0.3) is 0 Å². The standard InChI is InChI=1S/C16H18F3NO3/c1-10(11-5-2-3-6-12(11)16(17,18)19)9-14(21)20-8-4-7-13(20)15(22)23/h2-3,5-6,10,13H,4,7-9H2,1H3,(H,22,23)/t10?,13-/m1/s1. The lowest BCUT2D eigenvalue weighted by Crippen LogP contribution is -2.40. The highest BCUT2D eigenvalue weighted by Gasteiger charge is 2.37. The van der Waals surface area contributed by atoms with Crippen LogP contribution >= 0.6 is 0 Å². The number of hydrogen-bond donors (Lipinski definition) is 1. The van der Waals surface area contributed by atoms with Crippen molar-refractivity contribution < 1.29 is 27.9 Å². The van der Waals surface area contributed by atoms with Gasteiger partial charge in [0, 0.05) is 13.0 Å². The number of carboxylic acids is 1. The summed E-state index contributed by atoms with van der Waals surface area (Å²) in [6, 6.07) is 4.29. The third kappa shape index (κ3) is 3.83. The first kappa shape index (κ1) is 17.3. The average Bonchev–Trinajstić information content (AvgIpc) is 2.96. The minimum atomic E-state index is -4.48. The van der Waals surface area contributed by atoms with E-state index in [2.05, 4.69) is 0 Å². The number of alkyl halides is 3. The highest BCUT2D eigenvalue weighted by molar-refractivity contribution is 5.84. The fraction of sp³-hybridized carbons (Fsp3) is 0.500. The van der Waals surface area contributed by atoms with Crippen molar-refractivity contribution in [3.63, 3.8) is 0 Å². The van der Waals surface area contributed by atoms with Crippen LogP contribution in [0.15, 0.2) is 24.3 Å². The van der Waals surface area contributed by atoms with E-state index in [9.17, 15) is 22.8 Å². The van der Waals surface area contributed by atoms with Crippen LogP contribution < -0.4 is 0 Å². The molecule has 1 heterocycles. The molecular formula is C16H18F3NO3. The van der Waals surface area contributed by atoms with Gasteiger partial charge in [-0.15, -0.1) is 0 Å². The van der Waals surface area contributed by atoms with Crippen LogP contribution in [0.4, 0.5) is 13.2 Å². The van der Waals surface area contributed by atoms with E-state index in [1.807, 2.05) is 0 Å². The van der Waals surface area contributed by atoms with Gasteiger partial charge in [-0.05, 0) is 30.4 Å². The summed E-state index contributed by atoms with van der Waals surface area (Å²) in [5.74, 6) is -2.13. The van der Waals surface area contributed by atoms with E-state index in [1.54, 1.807) is 6.92 Å². The van der Waals surface area contributed by atoms with Crippen LogP contribution in [0, 0.1) is 0 Å². The second-order valence-corrected chi connectivity index (χ2v) is 5.77. The van der Waals surface area contributed by atoms with Crippen molar-refractivity contribution in [1.29, 1.82) is 0 Å². The van der Waals surface area contributed by atoms with Crippen molar-refractivity contribution in [2.75, 3.05) is 6.54 Å². The van der Waals surface area contributed by atoms with E-state index >= 15 is 0 Å². The zero-order valence-corrected chi connectivity index (χ0v) is 12.6. The zero-order chi connectivity index (χ0) is 17.2. The summed E-state index contributed by atoms with van der Waals surface area (Å²) in [6.45, 7) is 1.89. The van der Waals surface area contributed by atoms with Gasteiger partial charge in [0.25, 0.3) is 0 Å². The molecule has 0 aromatic heterocycles. The summed E-state index contributed by atoms with van der Waals surface area (Å²) in [5.41, 5.74) is -0.698. The molecule has 23 heavy (non-hydrogen) atoms. The van der Waals surface area contributed by atoms with Gasteiger partial charge in [-0.3, -0.25) is 4.79 Å². The zero-order valence-electron chi connectivity index (χ0n) is 12.6. The Bertz CT molecular complexity index is 600. The Morgan fingerprint density at radius 3 is 2.61 bits per heavy atom. The second kappa shape index (κ2) is 6.60. The molecule has 1 N–H and O–H groups in total. The summed E-state index contributed by atoms with van der Waals surface area (Å²) in [4.78, 5) is 24.7. The van der Waals surface area contributed by atoms with E-state index < -0.39 is 35.6 Å². The topological polar surface area (TPSA) is 57.6 Å². The minimum Gasteiger partial charge on any atom is -0.480 e. The number of nitrogens with zero attached hydrogens (tertiary/aromatic N) is 1. The molecule has 0 saturated carbocycles. The number of likely N-dealkylation sites (tertiary alicyclic amines) is 1. The monoisotopic (exact) mass is 329 g/mol. The average molecular weight is 329 g/mol. The molecule has 1 aliphatic rings. The van der Waals surface area contributed by atoms with Crippen molar-refractivity contribution in [2.45, 2.75) is 44.3 Å². The molecule has 1 aromatic carbocycles. The van der Waals surface area contributed by atoms with Crippen LogP contribution in [-0.2, 0) is 15.8 Å². The lowest BCUT2D eigenvalue weighted by Gasteiger charge is -2.24. The molecule has 1 unspecified atom stereocenters. The summed E-state index contributed by atoms with van der Waals surface area (Å²) < 4.78 is 39.1. The number of benzene rings is 1. The van der Waals surface area contributed by atoms with Gasteiger partial charge in [0.2, 0.25) is 5.91 Å². The normalized spacial score (nSPS) is 19.7. The molecule has 1 amide bonds. The van der Waals surface area contributed by atoms with Gasteiger partial charge in [0.05, 0.1) is 5.56 Å². The molecule has 1 aliphatic heterocycles. The largest absolute Gasteiger partial charge is 0.480 e. The Kier molecular flexibility index (Phi) is 4.97. The van der Waals surface area contributed by atoms with Crippen molar-refractivity contribution in [3.05, 3.63) is 35.4 Å². The van der Waals surface area contributed by atoms with E-state index in [0.29, 0.717) is 19.4 Å². The third-order valence-electron chi connectivity index (χ3n) is 4.14. The predicted molar refractivity (Wildman–Crippen MR) is 76.8 cm³/mol. The van der Waals surface area contributed by atoms with Crippen molar-refractivity contribution >= 4 is 11.9 Å². The van der Waals surface area contributed by atoms with Crippen LogP contribution in [0.3, 0.4) is 0 Å². The predicted octanol–water partition coefficient (Wildman–Crippen LogP) is 3.27. The van der Waals surface area contributed by atoms with E-state index in [1.165, 1.54) is 23.1 Å². The minimum absolute atomic E-state index is 0.0550. The first-order valence-corrected chi connectivity index (χ1v) is 7.40. The lowest BCUT2D eigenvalue weighted by atomic mass is 9.92. The second-order valence-electron chi connectivity index (χ2n) is 5.77. The first-order valence-electron chi connectivity index (χ1n) is 7.40. The molecule has 0 radical (unpaired) electrons. The number of carboxylic acid groups (broad SMARTS) is 1. The number of aliphatic carboxylic acids is 1. The summed E-state index contributed by atoms with van der Waals surface area (Å²) >= 11 is 0. The molecule has 4 nitrogen and oxygen atoms in total. The Morgan fingerprint density at radius 2 is 2.00 bits per heavy atom. The van der Waals surface area contributed by atoms with Crippen LogP contribution in [0.2, 0.25) is 0 Å². The van der Waals surface area contributed by atoms with Crippen LogP contribution in [0.1, 0.15) is 43.2 Å². The highest BCUT2D eigenvalue weighted by Crippen LogP contribution is 2.36. The molecule has 126 valence electrons. The van der Waals surface area contributed by atoms with Gasteiger partial charge in [0.15, 0.2) is 0 Å². The van der Waals surface area contributed by atoms with Crippen molar-refractivity contribution in [3.8, 4) is 0 Å². The molecule has 1 saturated heterocycles. The maximum atomic E-state index is 13.0. The Labute approximate surface area is 131 Å². The van der Waals surface area contributed by atoms with E-state index in [-0.39, 0.29) is 12.0 Å². The van der Waals surface area contributed by atoms with Gasteiger partial charge in [0.1, 0.15) is 6.04 Å². The Balaban J connectivity index is 2.15. The first-order chi connectivity index (χ1) is 10.7. The van der Waals surface area contributed by atoms with Gasteiger partial charge < -0.3 is 10.0 Å². The van der Waals surface area contributed by atoms with Gasteiger partial charge in [-0.25, -0.2) is 4.79 Å². The maximum absolute atomic E-state index is 13.0. The number of hydrogen-bond acceptors (Lipinski definition) is 2. The molecule has 1 fully saturated rings. The number of rotatable bonds is 4. The van der Waals surface area contributed by atoms with Crippen LogP contribution in [-0.4, -0.2) is 34.5 Å². The molecule has 0 spiro atoms. The number of carbonyl (C=O) groups excluding carboxylic acids is 1. The molecule has 1 aromatic rings. The summed E-state index contributed by atoms with van der Waals surface area (Å²) in [5, 5.41) is 9.09. The highest BCUT2D eigenvalue weighted by atomic mass is 19.4. The fourth-order valence-corrected chi connectivity index (χ4v) is 3.00. The Morgan fingerprint density at radius 1 is 1.35 bits per heavy atom. The molecule has 0 bridgehead atoms. The molecule has 2 atom stereocenters. The quantitative estimate of drug-likeness (QED) is 0.922. The Hall–Kier alpha value is -2.05. The SMILES string of the molecule is CC(CC(=O)N1CCC[C@@H]1C(=O)O)c1ccccc1C(F)(F)F. The smallest absolute Gasteiger partial charge is 0.416 e. The summed E-state index contributed by atoms with van der Waals surface area (Å²) in [6.07, 6.45) is -3.65.